The van der Waals surface area contributed by atoms with Gasteiger partial charge in [-0.25, -0.2) is 4.98 Å². The van der Waals surface area contributed by atoms with Gasteiger partial charge in [0.05, 0.1) is 12.1 Å². The third-order valence-corrected chi connectivity index (χ3v) is 3.19. The van der Waals surface area contributed by atoms with Gasteiger partial charge in [-0.3, -0.25) is 4.79 Å². The van der Waals surface area contributed by atoms with Crippen LogP contribution in [0.25, 0.3) is 10.9 Å². The Morgan fingerprint density at radius 2 is 2.05 bits per heavy atom. The van der Waals surface area contributed by atoms with Crippen molar-refractivity contribution in [1.82, 2.24) is 4.98 Å². The molecule has 0 atom stereocenters. The van der Waals surface area contributed by atoms with Crippen LogP contribution in [0.15, 0.2) is 30.3 Å². The molecule has 2 aromatic rings. The van der Waals surface area contributed by atoms with Gasteiger partial charge in [-0.05, 0) is 38.5 Å². The molecule has 0 saturated heterocycles. The third-order valence-electron chi connectivity index (χ3n) is 3.19. The number of esters is 1. The summed E-state index contributed by atoms with van der Waals surface area (Å²) < 4.78 is 5.01. The number of carbonyl (C=O) groups is 1. The quantitative estimate of drug-likeness (QED) is 0.785. The van der Waals surface area contributed by atoms with Crippen molar-refractivity contribution in [2.75, 3.05) is 24.6 Å². The van der Waals surface area contributed by atoms with E-state index in [0.29, 0.717) is 13.2 Å². The number of anilines is 1. The van der Waals surface area contributed by atoms with Crippen LogP contribution in [0.4, 0.5) is 5.82 Å². The zero-order valence-electron chi connectivity index (χ0n) is 12.2. The summed E-state index contributed by atoms with van der Waals surface area (Å²) in [6, 6.07) is 10.1. The molecule has 0 spiro atoms. The fraction of sp³-hybridized carbons (Fsp3) is 0.375. The number of rotatable bonds is 5. The standard InChI is InChI=1S/C16H20N2O2/c1-4-18(11-15(19)20-5-2)16-12(3)10-13-8-6-7-9-14(13)17-16/h6-10H,4-5,11H2,1-3H3. The second kappa shape index (κ2) is 6.37. The Morgan fingerprint density at radius 3 is 2.75 bits per heavy atom. The first-order valence-corrected chi connectivity index (χ1v) is 6.92. The van der Waals surface area contributed by atoms with Crippen molar-refractivity contribution < 1.29 is 9.53 Å². The average molecular weight is 272 g/mol. The van der Waals surface area contributed by atoms with Crippen LogP contribution in [0.3, 0.4) is 0 Å². The second-order valence-electron chi connectivity index (χ2n) is 4.64. The van der Waals surface area contributed by atoms with Crippen LogP contribution in [0.5, 0.6) is 0 Å². The highest BCUT2D eigenvalue weighted by atomic mass is 16.5. The molecule has 0 fully saturated rings. The fourth-order valence-corrected chi connectivity index (χ4v) is 2.23. The van der Waals surface area contributed by atoms with Gasteiger partial charge >= 0.3 is 5.97 Å². The summed E-state index contributed by atoms with van der Waals surface area (Å²) in [7, 11) is 0. The number of aromatic nitrogens is 1. The van der Waals surface area contributed by atoms with Crippen molar-refractivity contribution >= 4 is 22.7 Å². The zero-order chi connectivity index (χ0) is 14.5. The van der Waals surface area contributed by atoms with E-state index in [4.69, 9.17) is 4.74 Å². The molecule has 0 amide bonds. The van der Waals surface area contributed by atoms with Crippen LogP contribution >= 0.6 is 0 Å². The molecule has 0 aliphatic heterocycles. The average Bonchev–Trinajstić information content (AvgIpc) is 2.44. The summed E-state index contributed by atoms with van der Waals surface area (Å²) in [5, 5.41) is 1.11. The maximum atomic E-state index is 11.7. The fourth-order valence-electron chi connectivity index (χ4n) is 2.23. The van der Waals surface area contributed by atoms with Crippen LogP contribution in [0.2, 0.25) is 0 Å². The summed E-state index contributed by atoms with van der Waals surface area (Å²) in [6.07, 6.45) is 0. The molecule has 0 aliphatic rings. The molecule has 4 nitrogen and oxygen atoms in total. The molecule has 0 aliphatic carbocycles. The van der Waals surface area contributed by atoms with E-state index in [1.807, 2.05) is 49.9 Å². The molecule has 106 valence electrons. The number of benzene rings is 1. The van der Waals surface area contributed by atoms with Gasteiger partial charge in [-0.2, -0.15) is 0 Å². The number of fused-ring (bicyclic) bond motifs is 1. The molecule has 20 heavy (non-hydrogen) atoms. The van der Waals surface area contributed by atoms with Crippen LogP contribution in [-0.4, -0.2) is 30.6 Å². The number of likely N-dealkylation sites (N-methyl/N-ethyl adjacent to an activating group) is 1. The molecule has 1 aromatic carbocycles. The van der Waals surface area contributed by atoms with Crippen LogP contribution in [0.1, 0.15) is 19.4 Å². The Labute approximate surface area is 119 Å². The predicted octanol–water partition coefficient (Wildman–Crippen LogP) is 2.93. The van der Waals surface area contributed by atoms with Gasteiger partial charge in [0.25, 0.3) is 0 Å². The van der Waals surface area contributed by atoms with Crippen molar-refractivity contribution in [3.63, 3.8) is 0 Å². The van der Waals surface area contributed by atoms with E-state index < -0.39 is 0 Å². The number of pyridine rings is 1. The van der Waals surface area contributed by atoms with E-state index in [-0.39, 0.29) is 12.5 Å². The molecule has 0 saturated carbocycles. The third kappa shape index (κ3) is 3.07. The molecule has 2 rings (SSSR count). The molecule has 1 aromatic heterocycles. The first-order chi connectivity index (χ1) is 9.65. The minimum atomic E-state index is -0.219. The molecular weight excluding hydrogens is 252 g/mol. The van der Waals surface area contributed by atoms with Gasteiger partial charge in [0.2, 0.25) is 0 Å². The number of hydrogen-bond donors (Lipinski definition) is 0. The Hall–Kier alpha value is -2.10. The topological polar surface area (TPSA) is 42.4 Å². The van der Waals surface area contributed by atoms with Gasteiger partial charge in [0, 0.05) is 11.9 Å². The maximum absolute atomic E-state index is 11.7. The van der Waals surface area contributed by atoms with E-state index in [9.17, 15) is 4.79 Å². The Kier molecular flexibility index (Phi) is 4.56. The highest BCUT2D eigenvalue weighted by Gasteiger charge is 2.14. The summed E-state index contributed by atoms with van der Waals surface area (Å²) in [5.74, 6) is 0.628. The second-order valence-corrected chi connectivity index (χ2v) is 4.64. The number of para-hydroxylation sites is 1. The lowest BCUT2D eigenvalue weighted by molar-refractivity contribution is -0.141. The summed E-state index contributed by atoms with van der Waals surface area (Å²) in [6.45, 7) is 7.19. The summed E-state index contributed by atoms with van der Waals surface area (Å²) in [5.41, 5.74) is 2.00. The molecule has 0 bridgehead atoms. The minimum Gasteiger partial charge on any atom is -0.465 e. The lowest BCUT2D eigenvalue weighted by atomic mass is 10.1. The SMILES string of the molecule is CCOC(=O)CN(CC)c1nc2ccccc2cc1C. The number of aryl methyl sites for hydroxylation is 1. The minimum absolute atomic E-state index is 0.219. The smallest absolute Gasteiger partial charge is 0.325 e. The summed E-state index contributed by atoms with van der Waals surface area (Å²) >= 11 is 0. The first kappa shape index (κ1) is 14.3. The normalized spacial score (nSPS) is 10.6. The predicted molar refractivity (Wildman–Crippen MR) is 81.0 cm³/mol. The van der Waals surface area contributed by atoms with Gasteiger partial charge in [-0.15, -0.1) is 0 Å². The first-order valence-electron chi connectivity index (χ1n) is 6.92. The van der Waals surface area contributed by atoms with E-state index in [1.165, 1.54) is 0 Å². The van der Waals surface area contributed by atoms with Crippen molar-refractivity contribution in [3.05, 3.63) is 35.9 Å². The molecule has 0 radical (unpaired) electrons. The number of nitrogens with zero attached hydrogens (tertiary/aromatic N) is 2. The molecule has 0 unspecified atom stereocenters. The Morgan fingerprint density at radius 1 is 1.30 bits per heavy atom. The molecular formula is C16H20N2O2. The lowest BCUT2D eigenvalue weighted by Crippen LogP contribution is -2.32. The zero-order valence-corrected chi connectivity index (χ0v) is 12.2. The van der Waals surface area contributed by atoms with E-state index in [1.54, 1.807) is 0 Å². The van der Waals surface area contributed by atoms with Crippen molar-refractivity contribution in [3.8, 4) is 0 Å². The molecule has 4 heteroatoms. The van der Waals surface area contributed by atoms with Crippen molar-refractivity contribution in [2.24, 2.45) is 0 Å². The Balaban J connectivity index is 2.33. The van der Waals surface area contributed by atoms with Crippen molar-refractivity contribution in [2.45, 2.75) is 20.8 Å². The maximum Gasteiger partial charge on any atom is 0.325 e. The molecule has 0 N–H and O–H groups in total. The van der Waals surface area contributed by atoms with Gasteiger partial charge in [-0.1, -0.05) is 18.2 Å². The van der Waals surface area contributed by atoms with E-state index in [2.05, 4.69) is 11.1 Å². The number of ether oxygens (including phenoxy) is 1. The molecule has 1 heterocycles. The largest absolute Gasteiger partial charge is 0.465 e. The number of hydrogen-bond acceptors (Lipinski definition) is 4. The Bertz CT molecular complexity index is 610. The van der Waals surface area contributed by atoms with Crippen molar-refractivity contribution in [1.29, 1.82) is 0 Å². The monoisotopic (exact) mass is 272 g/mol. The van der Waals surface area contributed by atoms with Gasteiger partial charge < -0.3 is 9.64 Å². The van der Waals surface area contributed by atoms with Crippen LogP contribution in [-0.2, 0) is 9.53 Å². The summed E-state index contributed by atoms with van der Waals surface area (Å²) in [4.78, 5) is 18.3. The highest BCUT2D eigenvalue weighted by molar-refractivity contribution is 5.83. The van der Waals surface area contributed by atoms with E-state index >= 15 is 0 Å². The highest BCUT2D eigenvalue weighted by Crippen LogP contribution is 2.22. The van der Waals surface area contributed by atoms with Crippen LogP contribution in [0, 0.1) is 6.92 Å². The number of carbonyl (C=O) groups excluding carboxylic acids is 1. The van der Waals surface area contributed by atoms with Gasteiger partial charge in [0.1, 0.15) is 12.4 Å². The van der Waals surface area contributed by atoms with E-state index in [0.717, 1.165) is 22.3 Å². The lowest BCUT2D eigenvalue weighted by Gasteiger charge is -2.23. The van der Waals surface area contributed by atoms with Crippen LogP contribution < -0.4 is 4.90 Å². The van der Waals surface area contributed by atoms with Gasteiger partial charge in [0.15, 0.2) is 0 Å².